The van der Waals surface area contributed by atoms with Gasteiger partial charge in [0, 0.05) is 38.8 Å². The zero-order valence-corrected chi connectivity index (χ0v) is 14.7. The Morgan fingerprint density at radius 1 is 1.12 bits per heavy atom. The highest BCUT2D eigenvalue weighted by molar-refractivity contribution is 5.80. The van der Waals surface area contributed by atoms with Crippen molar-refractivity contribution in [3.8, 4) is 0 Å². The molecule has 2 atom stereocenters. The van der Waals surface area contributed by atoms with Crippen LogP contribution in [0.25, 0.3) is 0 Å². The Bertz CT molecular complexity index is 413. The summed E-state index contributed by atoms with van der Waals surface area (Å²) < 4.78 is 37.4. The first kappa shape index (κ1) is 19.3. The molecule has 8 heteroatoms. The number of hydrogen-bond donors (Lipinski definition) is 2. The van der Waals surface area contributed by atoms with Gasteiger partial charge in [-0.2, -0.15) is 13.2 Å². The molecule has 2 aliphatic heterocycles. The highest BCUT2D eigenvalue weighted by Gasteiger charge is 2.34. The maximum atomic E-state index is 12.5. The SMILES string of the molecule is CCNC(=NCC1CCN(CC)C1)NC1CCN(CC(F)(F)F)C1. The summed E-state index contributed by atoms with van der Waals surface area (Å²) in [6.07, 6.45) is -2.24. The summed E-state index contributed by atoms with van der Waals surface area (Å²) in [6, 6.07) is 0.0286. The molecule has 2 heterocycles. The smallest absolute Gasteiger partial charge is 0.357 e. The van der Waals surface area contributed by atoms with E-state index in [4.69, 9.17) is 0 Å². The molecule has 2 aliphatic rings. The van der Waals surface area contributed by atoms with E-state index in [2.05, 4.69) is 27.4 Å². The predicted molar refractivity (Wildman–Crippen MR) is 90.2 cm³/mol. The molecule has 5 nitrogen and oxygen atoms in total. The number of halogens is 3. The van der Waals surface area contributed by atoms with E-state index in [0.717, 1.165) is 38.7 Å². The second-order valence-electron chi connectivity index (χ2n) is 6.75. The molecule has 2 N–H and O–H groups in total. The lowest BCUT2D eigenvalue weighted by atomic mass is 10.1. The van der Waals surface area contributed by atoms with Gasteiger partial charge in [0.05, 0.1) is 6.54 Å². The third-order valence-corrected chi connectivity index (χ3v) is 4.69. The Hall–Kier alpha value is -1.02. The maximum absolute atomic E-state index is 12.5. The third kappa shape index (κ3) is 6.47. The van der Waals surface area contributed by atoms with Crippen LogP contribution in [0.4, 0.5) is 13.2 Å². The first-order chi connectivity index (χ1) is 11.4. The highest BCUT2D eigenvalue weighted by Crippen LogP contribution is 2.20. The van der Waals surface area contributed by atoms with Gasteiger partial charge < -0.3 is 15.5 Å². The maximum Gasteiger partial charge on any atom is 0.401 e. The first-order valence-corrected chi connectivity index (χ1v) is 8.96. The van der Waals surface area contributed by atoms with Gasteiger partial charge in [-0.1, -0.05) is 6.92 Å². The van der Waals surface area contributed by atoms with Crippen LogP contribution in [0.5, 0.6) is 0 Å². The van der Waals surface area contributed by atoms with Crippen LogP contribution in [0.1, 0.15) is 26.7 Å². The Kier molecular flexibility index (Phi) is 7.16. The molecule has 0 saturated carbocycles. The number of nitrogens with zero attached hydrogens (tertiary/aromatic N) is 3. The van der Waals surface area contributed by atoms with E-state index in [1.165, 1.54) is 11.3 Å². The fraction of sp³-hybridized carbons (Fsp3) is 0.938. The summed E-state index contributed by atoms with van der Waals surface area (Å²) in [6.45, 7) is 9.05. The highest BCUT2D eigenvalue weighted by atomic mass is 19.4. The molecule has 140 valence electrons. The van der Waals surface area contributed by atoms with Gasteiger partial charge in [0.25, 0.3) is 0 Å². The van der Waals surface area contributed by atoms with E-state index in [1.54, 1.807) is 0 Å². The van der Waals surface area contributed by atoms with E-state index in [9.17, 15) is 13.2 Å². The number of hydrogen-bond acceptors (Lipinski definition) is 3. The Labute approximate surface area is 142 Å². The van der Waals surface area contributed by atoms with Crippen molar-refractivity contribution in [3.05, 3.63) is 0 Å². The number of alkyl halides is 3. The van der Waals surface area contributed by atoms with Gasteiger partial charge in [0.15, 0.2) is 5.96 Å². The van der Waals surface area contributed by atoms with Crippen LogP contribution < -0.4 is 10.6 Å². The molecule has 0 spiro atoms. The second kappa shape index (κ2) is 8.89. The number of aliphatic imine (C=N–C) groups is 1. The monoisotopic (exact) mass is 349 g/mol. The van der Waals surface area contributed by atoms with E-state index in [1.807, 2.05) is 6.92 Å². The van der Waals surface area contributed by atoms with Crippen molar-refractivity contribution in [2.45, 2.75) is 38.9 Å². The second-order valence-corrected chi connectivity index (χ2v) is 6.75. The number of guanidine groups is 1. The van der Waals surface area contributed by atoms with Gasteiger partial charge in [-0.05, 0) is 38.8 Å². The zero-order chi connectivity index (χ0) is 17.6. The molecule has 2 fully saturated rings. The topological polar surface area (TPSA) is 42.9 Å². The molecule has 2 unspecified atom stereocenters. The minimum atomic E-state index is -4.12. The van der Waals surface area contributed by atoms with Crippen molar-refractivity contribution >= 4 is 5.96 Å². The van der Waals surface area contributed by atoms with Crippen LogP contribution in [-0.4, -0.2) is 80.3 Å². The minimum absolute atomic E-state index is 0.0286. The molecule has 0 aromatic heterocycles. The summed E-state index contributed by atoms with van der Waals surface area (Å²) in [5, 5.41) is 6.50. The van der Waals surface area contributed by atoms with Crippen molar-refractivity contribution in [2.24, 2.45) is 10.9 Å². The van der Waals surface area contributed by atoms with Crippen LogP contribution >= 0.6 is 0 Å². The van der Waals surface area contributed by atoms with Gasteiger partial charge in [-0.25, -0.2) is 0 Å². The summed E-state index contributed by atoms with van der Waals surface area (Å²) in [4.78, 5) is 8.53. The van der Waals surface area contributed by atoms with Gasteiger partial charge in [-0.15, -0.1) is 0 Å². The average Bonchev–Trinajstić information content (AvgIpc) is 3.12. The number of nitrogens with one attached hydrogen (secondary N) is 2. The molecule has 2 saturated heterocycles. The lowest BCUT2D eigenvalue weighted by Crippen LogP contribution is -2.45. The molecule has 2 rings (SSSR count). The van der Waals surface area contributed by atoms with Gasteiger partial charge in [-0.3, -0.25) is 9.89 Å². The van der Waals surface area contributed by atoms with Crippen molar-refractivity contribution in [3.63, 3.8) is 0 Å². The van der Waals surface area contributed by atoms with Crippen LogP contribution in [-0.2, 0) is 0 Å². The largest absolute Gasteiger partial charge is 0.401 e. The van der Waals surface area contributed by atoms with Crippen molar-refractivity contribution in [2.75, 3.05) is 52.4 Å². The molecular formula is C16H30F3N5. The number of likely N-dealkylation sites (tertiary alicyclic amines) is 2. The van der Waals surface area contributed by atoms with Crippen molar-refractivity contribution in [1.29, 1.82) is 0 Å². The fourth-order valence-electron chi connectivity index (χ4n) is 3.43. The van der Waals surface area contributed by atoms with Gasteiger partial charge >= 0.3 is 6.18 Å². The quantitative estimate of drug-likeness (QED) is 0.564. The van der Waals surface area contributed by atoms with Crippen LogP contribution in [0.15, 0.2) is 4.99 Å². The summed E-state index contributed by atoms with van der Waals surface area (Å²) >= 11 is 0. The Morgan fingerprint density at radius 3 is 2.50 bits per heavy atom. The van der Waals surface area contributed by atoms with Gasteiger partial charge in [0.1, 0.15) is 0 Å². The first-order valence-electron chi connectivity index (χ1n) is 8.96. The Balaban J connectivity index is 1.79. The van der Waals surface area contributed by atoms with Crippen LogP contribution in [0.3, 0.4) is 0 Å². The minimum Gasteiger partial charge on any atom is -0.357 e. The standard InChI is InChI=1S/C16H30F3N5/c1-3-20-15(21-9-13-5-7-23(4-2)10-13)22-14-6-8-24(11-14)12-16(17,18)19/h13-14H,3-12H2,1-2H3,(H2,20,21,22). The van der Waals surface area contributed by atoms with E-state index in [0.29, 0.717) is 25.4 Å². The molecule has 0 aromatic rings. The van der Waals surface area contributed by atoms with Crippen LogP contribution in [0.2, 0.25) is 0 Å². The molecular weight excluding hydrogens is 319 g/mol. The number of rotatable bonds is 6. The summed E-state index contributed by atoms with van der Waals surface area (Å²) in [7, 11) is 0. The lowest BCUT2D eigenvalue weighted by Gasteiger charge is -2.20. The van der Waals surface area contributed by atoms with Crippen molar-refractivity contribution in [1.82, 2.24) is 20.4 Å². The lowest BCUT2D eigenvalue weighted by molar-refractivity contribution is -0.143. The van der Waals surface area contributed by atoms with E-state index < -0.39 is 12.7 Å². The predicted octanol–water partition coefficient (Wildman–Crippen LogP) is 1.52. The molecule has 0 aliphatic carbocycles. The Morgan fingerprint density at radius 2 is 1.88 bits per heavy atom. The molecule has 24 heavy (non-hydrogen) atoms. The van der Waals surface area contributed by atoms with Crippen LogP contribution in [0, 0.1) is 5.92 Å². The normalized spacial score (nSPS) is 27.0. The van der Waals surface area contributed by atoms with E-state index in [-0.39, 0.29) is 6.04 Å². The van der Waals surface area contributed by atoms with Crippen molar-refractivity contribution < 1.29 is 13.2 Å². The van der Waals surface area contributed by atoms with E-state index >= 15 is 0 Å². The fourth-order valence-corrected chi connectivity index (χ4v) is 3.43. The third-order valence-electron chi connectivity index (χ3n) is 4.69. The molecule has 0 amide bonds. The molecule has 0 radical (unpaired) electrons. The summed E-state index contributed by atoms with van der Waals surface area (Å²) in [5.74, 6) is 1.30. The summed E-state index contributed by atoms with van der Waals surface area (Å²) in [5.41, 5.74) is 0. The molecule has 0 bridgehead atoms. The zero-order valence-electron chi connectivity index (χ0n) is 14.7. The average molecular weight is 349 g/mol. The van der Waals surface area contributed by atoms with Gasteiger partial charge in [0.2, 0.25) is 0 Å². The molecule has 0 aromatic carbocycles.